The minimum atomic E-state index is 0.732. The van der Waals surface area contributed by atoms with Crippen LogP contribution >= 0.6 is 0 Å². The maximum Gasteiger partial charge on any atom is 0.160 e. The van der Waals surface area contributed by atoms with E-state index in [2.05, 4.69) is 156 Å². The molecule has 0 amide bonds. The maximum absolute atomic E-state index is 5.12. The number of fused-ring (bicyclic) bond motifs is 8. The third kappa shape index (κ3) is 4.19. The van der Waals surface area contributed by atoms with Crippen molar-refractivity contribution >= 4 is 43.5 Å². The number of hydrogen-bond donors (Lipinski definition) is 0. The Labute approximate surface area is 294 Å². The van der Waals surface area contributed by atoms with Crippen molar-refractivity contribution in [3.05, 3.63) is 176 Å². The van der Waals surface area contributed by atoms with Crippen molar-refractivity contribution in [3.8, 4) is 61.7 Å². The molecule has 51 heavy (non-hydrogen) atoms. The Kier molecular flexibility index (Phi) is 5.96. The number of nitrogens with zero attached hydrogens (tertiary/aromatic N) is 3. The van der Waals surface area contributed by atoms with Gasteiger partial charge in [0.2, 0.25) is 0 Å². The van der Waals surface area contributed by atoms with E-state index in [0.29, 0.717) is 0 Å². The van der Waals surface area contributed by atoms with Gasteiger partial charge >= 0.3 is 0 Å². The van der Waals surface area contributed by atoms with E-state index >= 15 is 0 Å². The molecule has 0 fully saturated rings. The molecular weight excluding hydrogens is 619 g/mol. The fourth-order valence-corrected chi connectivity index (χ4v) is 8.24. The quantitative estimate of drug-likeness (QED) is 0.190. The van der Waals surface area contributed by atoms with Gasteiger partial charge in [0.1, 0.15) is 0 Å². The third-order valence-corrected chi connectivity index (χ3v) is 10.5. The van der Waals surface area contributed by atoms with Crippen LogP contribution < -0.4 is 0 Å². The van der Waals surface area contributed by atoms with Crippen molar-refractivity contribution in [1.82, 2.24) is 14.5 Å². The molecule has 0 unspecified atom stereocenters. The van der Waals surface area contributed by atoms with E-state index in [1.807, 2.05) is 24.3 Å². The molecule has 11 rings (SSSR count). The van der Waals surface area contributed by atoms with Crippen LogP contribution in [0, 0.1) is 0 Å². The summed E-state index contributed by atoms with van der Waals surface area (Å²) in [7, 11) is 0. The third-order valence-electron chi connectivity index (χ3n) is 10.5. The average Bonchev–Trinajstić information content (AvgIpc) is 3.72. The van der Waals surface area contributed by atoms with Gasteiger partial charge in [0.25, 0.3) is 0 Å². The van der Waals surface area contributed by atoms with E-state index in [4.69, 9.17) is 9.97 Å². The lowest BCUT2D eigenvalue weighted by molar-refractivity contribution is 1.18. The van der Waals surface area contributed by atoms with Crippen LogP contribution in [0.2, 0.25) is 0 Å². The van der Waals surface area contributed by atoms with Gasteiger partial charge in [-0.3, -0.25) is 0 Å². The van der Waals surface area contributed by atoms with Crippen molar-refractivity contribution in [2.24, 2.45) is 0 Å². The van der Waals surface area contributed by atoms with E-state index in [1.165, 1.54) is 54.8 Å². The smallest absolute Gasteiger partial charge is 0.160 e. The first kappa shape index (κ1) is 28.0. The highest BCUT2D eigenvalue weighted by Crippen LogP contribution is 2.52. The predicted molar refractivity (Wildman–Crippen MR) is 212 cm³/mol. The summed E-state index contributed by atoms with van der Waals surface area (Å²) >= 11 is 0. The Hall–Kier alpha value is -6.84. The Bertz CT molecular complexity index is 2990. The predicted octanol–water partition coefficient (Wildman–Crippen LogP) is 12.5. The van der Waals surface area contributed by atoms with E-state index < -0.39 is 0 Å². The molecule has 0 bridgehead atoms. The zero-order chi connectivity index (χ0) is 33.5. The summed E-state index contributed by atoms with van der Waals surface area (Å²) in [4.78, 5) is 10.1. The Morgan fingerprint density at radius 2 is 1.12 bits per heavy atom. The van der Waals surface area contributed by atoms with Crippen molar-refractivity contribution in [2.45, 2.75) is 0 Å². The zero-order valence-corrected chi connectivity index (χ0v) is 27.6. The Balaban J connectivity index is 1.08. The summed E-state index contributed by atoms with van der Waals surface area (Å²) in [6.07, 6.45) is 0. The van der Waals surface area contributed by atoms with Gasteiger partial charge in [-0.15, -0.1) is 0 Å². The SMILES string of the molecule is c1ccc(-c2nc(-c3ccccc3)c3cc(-c4ccc(-n5c6ccccc6c6ccc7c(c65)-c5cccc6cccc-7c56)cc4)ccc3n2)cc1. The van der Waals surface area contributed by atoms with E-state index in [0.717, 1.165) is 50.4 Å². The standard InChI is InChI=1S/C48H29N3/c1-3-11-32(12-4-1)46-41-29-34(23-28-42(41)49-48(50-46)33-13-5-2-6-14-33)30-21-24-35(25-22-30)51-43-20-8-7-17-36(43)39-27-26-38-37-18-9-15-31-16-10-19-40(44(31)37)45(38)47(39)51/h1-29H. The minimum Gasteiger partial charge on any atom is -0.309 e. The second-order valence-corrected chi connectivity index (χ2v) is 13.4. The second kappa shape index (κ2) is 10.8. The number of benzene rings is 8. The molecule has 1 aliphatic rings. The summed E-state index contributed by atoms with van der Waals surface area (Å²) in [6, 6.07) is 63.0. The van der Waals surface area contributed by atoms with E-state index in [1.54, 1.807) is 0 Å². The molecule has 0 atom stereocenters. The molecule has 2 heterocycles. The number of para-hydroxylation sites is 1. The van der Waals surface area contributed by atoms with Crippen LogP contribution in [-0.4, -0.2) is 14.5 Å². The highest BCUT2D eigenvalue weighted by Gasteiger charge is 2.26. The van der Waals surface area contributed by atoms with Gasteiger partial charge in [-0.1, -0.05) is 146 Å². The summed E-state index contributed by atoms with van der Waals surface area (Å²) in [5.41, 5.74) is 15.1. The van der Waals surface area contributed by atoms with Crippen LogP contribution in [0.3, 0.4) is 0 Å². The molecular formula is C48H29N3. The maximum atomic E-state index is 5.12. The summed E-state index contributed by atoms with van der Waals surface area (Å²) in [6.45, 7) is 0. The summed E-state index contributed by atoms with van der Waals surface area (Å²) in [5.74, 6) is 0.732. The lowest BCUT2D eigenvalue weighted by atomic mass is 9.99. The monoisotopic (exact) mass is 647 g/mol. The van der Waals surface area contributed by atoms with Gasteiger partial charge in [0, 0.05) is 38.5 Å². The van der Waals surface area contributed by atoms with Gasteiger partial charge in [0.05, 0.1) is 22.2 Å². The van der Waals surface area contributed by atoms with Crippen LogP contribution in [0.25, 0.3) is 105 Å². The van der Waals surface area contributed by atoms with Gasteiger partial charge in [-0.05, 0) is 68.9 Å². The number of rotatable bonds is 4. The molecule has 1 aliphatic carbocycles. The fourth-order valence-electron chi connectivity index (χ4n) is 8.24. The zero-order valence-electron chi connectivity index (χ0n) is 27.6. The van der Waals surface area contributed by atoms with Crippen LogP contribution in [0.4, 0.5) is 0 Å². The van der Waals surface area contributed by atoms with Crippen molar-refractivity contribution in [2.75, 3.05) is 0 Å². The van der Waals surface area contributed by atoms with Gasteiger partial charge in [0.15, 0.2) is 5.82 Å². The van der Waals surface area contributed by atoms with Gasteiger partial charge in [-0.2, -0.15) is 0 Å². The highest BCUT2D eigenvalue weighted by molar-refractivity contribution is 6.24. The van der Waals surface area contributed by atoms with Crippen LogP contribution in [0.1, 0.15) is 0 Å². The molecule has 2 aromatic heterocycles. The molecule has 0 saturated heterocycles. The lowest BCUT2D eigenvalue weighted by Gasteiger charge is -2.13. The molecule has 8 aromatic carbocycles. The normalized spacial score (nSPS) is 11.9. The lowest BCUT2D eigenvalue weighted by Crippen LogP contribution is -1.96. The Morgan fingerprint density at radius 3 is 1.92 bits per heavy atom. The van der Waals surface area contributed by atoms with Gasteiger partial charge < -0.3 is 4.57 Å². The molecule has 0 aliphatic heterocycles. The summed E-state index contributed by atoms with van der Waals surface area (Å²) in [5, 5.41) is 6.21. The fraction of sp³-hybridized carbons (Fsp3) is 0. The largest absolute Gasteiger partial charge is 0.309 e. The first-order chi connectivity index (χ1) is 25.3. The number of hydrogen-bond acceptors (Lipinski definition) is 2. The second-order valence-electron chi connectivity index (χ2n) is 13.4. The van der Waals surface area contributed by atoms with Crippen LogP contribution in [0.5, 0.6) is 0 Å². The van der Waals surface area contributed by atoms with Crippen LogP contribution in [-0.2, 0) is 0 Å². The van der Waals surface area contributed by atoms with E-state index in [-0.39, 0.29) is 0 Å². The minimum absolute atomic E-state index is 0.732. The summed E-state index contributed by atoms with van der Waals surface area (Å²) < 4.78 is 2.46. The van der Waals surface area contributed by atoms with E-state index in [9.17, 15) is 0 Å². The number of aromatic nitrogens is 3. The van der Waals surface area contributed by atoms with Gasteiger partial charge in [-0.25, -0.2) is 9.97 Å². The van der Waals surface area contributed by atoms with Crippen LogP contribution in [0.15, 0.2) is 176 Å². The van der Waals surface area contributed by atoms with Crippen molar-refractivity contribution in [1.29, 1.82) is 0 Å². The van der Waals surface area contributed by atoms with Crippen molar-refractivity contribution in [3.63, 3.8) is 0 Å². The molecule has 0 spiro atoms. The molecule has 236 valence electrons. The first-order valence-corrected chi connectivity index (χ1v) is 17.4. The first-order valence-electron chi connectivity index (χ1n) is 17.4. The topological polar surface area (TPSA) is 30.7 Å². The Morgan fingerprint density at radius 1 is 0.412 bits per heavy atom. The highest BCUT2D eigenvalue weighted by atomic mass is 15.0. The molecule has 0 radical (unpaired) electrons. The molecule has 3 heteroatoms. The molecule has 0 saturated carbocycles. The molecule has 10 aromatic rings. The molecule has 0 N–H and O–H groups in total. The molecule has 3 nitrogen and oxygen atoms in total. The van der Waals surface area contributed by atoms with Crippen molar-refractivity contribution < 1.29 is 0 Å². The average molecular weight is 648 g/mol.